The van der Waals surface area contributed by atoms with Gasteiger partial charge in [0.05, 0.1) is 0 Å². The van der Waals surface area contributed by atoms with Crippen LogP contribution in [0.1, 0.15) is 0 Å². The van der Waals surface area contributed by atoms with Gasteiger partial charge in [0.25, 0.3) is 0 Å². The van der Waals surface area contributed by atoms with Crippen molar-refractivity contribution >= 4 is 33.5 Å². The van der Waals surface area contributed by atoms with E-state index in [1.807, 2.05) is 0 Å². The lowest BCUT2D eigenvalue weighted by atomic mass is 10.7. The topological polar surface area (TPSA) is 37.3 Å². The Balaban J connectivity index is 3.82. The molecule has 0 aromatic heterocycles. The first-order valence-electron chi connectivity index (χ1n) is 1.37. The highest BCUT2D eigenvalue weighted by molar-refractivity contribution is 9.12. The van der Waals surface area contributed by atoms with Gasteiger partial charge in [0, 0.05) is 5.54 Å². The van der Waals surface area contributed by atoms with Gasteiger partial charge in [0.2, 0.25) is 0 Å². The minimum absolute atomic E-state index is 0.0332. The second kappa shape index (κ2) is 3.04. The van der Waals surface area contributed by atoms with Crippen LogP contribution in [0, 0.1) is 0 Å². The smallest absolute Gasteiger partial charge is 0.343 e. The summed E-state index contributed by atoms with van der Waals surface area (Å²) in [6, 6.07) is 0. The van der Waals surface area contributed by atoms with Crippen molar-refractivity contribution in [3.63, 3.8) is 0 Å². The summed E-state index contributed by atoms with van der Waals surface area (Å²) in [5, 5.41) is 7.98. The summed E-state index contributed by atoms with van der Waals surface area (Å²) in [4.78, 5) is 9.73. The molecule has 7 heavy (non-hydrogen) atoms. The Morgan fingerprint density at radius 2 is 2.29 bits per heavy atom. The maximum absolute atomic E-state index is 9.73. The highest BCUT2D eigenvalue weighted by atomic mass is 79.9. The van der Waals surface area contributed by atoms with E-state index in [9.17, 15) is 4.79 Å². The molecule has 0 aliphatic heterocycles. The van der Waals surface area contributed by atoms with E-state index in [0.717, 1.165) is 5.54 Å². The van der Waals surface area contributed by atoms with Gasteiger partial charge in [0.1, 0.15) is 4.48 Å². The number of carboxylic acids is 1. The SMILES string of the molecule is O=C(O)/C(Br)=C\Cl. The average Bonchev–Trinajstić information content (AvgIpc) is 1.65. The third-order valence-electron chi connectivity index (χ3n) is 0.300. The van der Waals surface area contributed by atoms with Crippen LogP contribution < -0.4 is 0 Å². The molecule has 0 unspecified atom stereocenters. The van der Waals surface area contributed by atoms with Gasteiger partial charge in [-0.3, -0.25) is 0 Å². The van der Waals surface area contributed by atoms with Gasteiger partial charge in [-0.2, -0.15) is 0 Å². The molecule has 2 nitrogen and oxygen atoms in total. The standard InChI is InChI=1S/C3H2BrClO2/c4-2(1-5)3(6)7/h1H,(H,6,7)/b2-1+. The van der Waals surface area contributed by atoms with E-state index < -0.39 is 5.97 Å². The fraction of sp³-hybridized carbons (Fsp3) is 0. The molecule has 0 heterocycles. The van der Waals surface area contributed by atoms with Gasteiger partial charge in [-0.15, -0.1) is 0 Å². The lowest BCUT2D eigenvalue weighted by Crippen LogP contribution is -1.90. The molecule has 0 aromatic carbocycles. The first kappa shape index (κ1) is 6.98. The molecule has 1 N–H and O–H groups in total. The van der Waals surface area contributed by atoms with E-state index in [2.05, 4.69) is 15.9 Å². The average molecular weight is 185 g/mol. The molecule has 0 bridgehead atoms. The summed E-state index contributed by atoms with van der Waals surface area (Å²) >= 11 is 7.63. The Labute approximate surface area is 53.9 Å². The van der Waals surface area contributed by atoms with Crippen molar-refractivity contribution in [3.05, 3.63) is 10.0 Å². The molecular weight excluding hydrogens is 183 g/mol. The number of hydrogen-bond donors (Lipinski definition) is 1. The second-order valence-electron chi connectivity index (χ2n) is 0.762. The van der Waals surface area contributed by atoms with Crippen molar-refractivity contribution in [2.24, 2.45) is 0 Å². The Morgan fingerprint density at radius 1 is 1.86 bits per heavy atom. The van der Waals surface area contributed by atoms with Gasteiger partial charge < -0.3 is 5.11 Å². The summed E-state index contributed by atoms with van der Waals surface area (Å²) < 4.78 is -0.0332. The summed E-state index contributed by atoms with van der Waals surface area (Å²) in [6.07, 6.45) is 0. The van der Waals surface area contributed by atoms with Crippen LogP contribution in [0.25, 0.3) is 0 Å². The third kappa shape index (κ3) is 2.65. The van der Waals surface area contributed by atoms with Crippen molar-refractivity contribution < 1.29 is 9.90 Å². The zero-order valence-electron chi connectivity index (χ0n) is 3.19. The highest BCUT2D eigenvalue weighted by Gasteiger charge is 1.97. The summed E-state index contributed by atoms with van der Waals surface area (Å²) in [5.74, 6) is -1.06. The monoisotopic (exact) mass is 184 g/mol. The van der Waals surface area contributed by atoms with Gasteiger partial charge in [-0.25, -0.2) is 4.79 Å². The molecule has 0 rings (SSSR count). The third-order valence-corrected chi connectivity index (χ3v) is 1.35. The number of carbonyl (C=O) groups is 1. The molecule has 0 aliphatic rings. The maximum atomic E-state index is 9.73. The molecule has 0 amide bonds. The summed E-state index contributed by atoms with van der Waals surface area (Å²) in [5.41, 5.74) is 0.947. The van der Waals surface area contributed by atoms with Crippen LogP contribution in [0.5, 0.6) is 0 Å². The van der Waals surface area contributed by atoms with Crippen LogP contribution in [0.3, 0.4) is 0 Å². The van der Waals surface area contributed by atoms with Gasteiger partial charge in [-0.05, 0) is 15.9 Å². The fourth-order valence-electron chi connectivity index (χ4n) is 0.0467. The molecule has 0 fully saturated rings. The van der Waals surface area contributed by atoms with Crippen molar-refractivity contribution in [1.29, 1.82) is 0 Å². The van der Waals surface area contributed by atoms with E-state index >= 15 is 0 Å². The van der Waals surface area contributed by atoms with E-state index in [1.54, 1.807) is 0 Å². The summed E-state index contributed by atoms with van der Waals surface area (Å²) in [6.45, 7) is 0. The second-order valence-corrected chi connectivity index (χ2v) is 1.83. The van der Waals surface area contributed by atoms with Gasteiger partial charge in [0.15, 0.2) is 0 Å². The Kier molecular flexibility index (Phi) is 3.04. The molecule has 0 aliphatic carbocycles. The lowest BCUT2D eigenvalue weighted by Gasteiger charge is -1.80. The van der Waals surface area contributed by atoms with E-state index in [-0.39, 0.29) is 4.48 Å². The van der Waals surface area contributed by atoms with Crippen molar-refractivity contribution in [2.75, 3.05) is 0 Å². The fourth-order valence-corrected chi connectivity index (χ4v) is 0.140. The number of carboxylic acid groups (broad SMARTS) is 1. The Morgan fingerprint density at radius 3 is 2.29 bits per heavy atom. The van der Waals surface area contributed by atoms with Crippen molar-refractivity contribution in [2.45, 2.75) is 0 Å². The number of aliphatic carboxylic acids is 1. The zero-order valence-corrected chi connectivity index (χ0v) is 5.53. The molecular formula is C3H2BrClO2. The lowest BCUT2D eigenvalue weighted by molar-refractivity contribution is -0.131. The van der Waals surface area contributed by atoms with Crippen LogP contribution >= 0.6 is 27.5 Å². The minimum Gasteiger partial charge on any atom is -0.477 e. The van der Waals surface area contributed by atoms with Crippen LogP contribution in [0.2, 0.25) is 0 Å². The molecule has 0 saturated carbocycles. The molecule has 0 spiro atoms. The maximum Gasteiger partial charge on any atom is 0.343 e. The van der Waals surface area contributed by atoms with Crippen LogP contribution in [-0.2, 0) is 4.79 Å². The van der Waals surface area contributed by atoms with E-state index in [0.29, 0.717) is 0 Å². The number of hydrogen-bond acceptors (Lipinski definition) is 1. The molecule has 0 radical (unpaired) electrons. The molecule has 0 atom stereocenters. The van der Waals surface area contributed by atoms with E-state index in [4.69, 9.17) is 16.7 Å². The van der Waals surface area contributed by atoms with E-state index in [1.165, 1.54) is 0 Å². The first-order valence-corrected chi connectivity index (χ1v) is 2.60. The molecule has 0 aromatic rings. The largest absolute Gasteiger partial charge is 0.477 e. The Hall–Kier alpha value is -0.0200. The Bertz CT molecular complexity index is 110. The number of rotatable bonds is 1. The van der Waals surface area contributed by atoms with Crippen molar-refractivity contribution in [3.8, 4) is 0 Å². The normalized spacial score (nSPS) is 11.4. The van der Waals surface area contributed by atoms with Crippen molar-refractivity contribution in [1.82, 2.24) is 0 Å². The first-order chi connectivity index (χ1) is 3.18. The molecule has 40 valence electrons. The van der Waals surface area contributed by atoms with Crippen LogP contribution in [0.4, 0.5) is 0 Å². The molecule has 4 heteroatoms. The van der Waals surface area contributed by atoms with Gasteiger partial charge >= 0.3 is 5.97 Å². The van der Waals surface area contributed by atoms with Crippen LogP contribution in [-0.4, -0.2) is 11.1 Å². The van der Waals surface area contributed by atoms with Gasteiger partial charge in [-0.1, -0.05) is 11.6 Å². The predicted molar refractivity (Wildman–Crippen MR) is 30.5 cm³/mol. The quantitative estimate of drug-likeness (QED) is 0.629. The highest BCUT2D eigenvalue weighted by Crippen LogP contribution is 2.04. The minimum atomic E-state index is -1.06. The zero-order chi connectivity index (χ0) is 5.86. The molecule has 0 saturated heterocycles. The van der Waals surface area contributed by atoms with Crippen LogP contribution in [0.15, 0.2) is 10.0 Å². The number of halogens is 2. The predicted octanol–water partition coefficient (Wildman–Crippen LogP) is 1.55. The summed E-state index contributed by atoms with van der Waals surface area (Å²) in [7, 11) is 0.